The summed E-state index contributed by atoms with van der Waals surface area (Å²) in [7, 11) is 0. The van der Waals surface area contributed by atoms with Gasteiger partial charge in [-0.1, -0.05) is 0 Å². The Labute approximate surface area is 137 Å². The van der Waals surface area contributed by atoms with E-state index < -0.39 is 0 Å². The Bertz CT molecular complexity index is 685. The standard InChI is InChI=1S/C18H21N3Se/c1-2-7-14-8-6-9-15(12-14)13-17-20-21-18(22-17)19-16-10-4-3-5-11-16/h4,6,8-12H,2-3,5,7,13H2,1H3,(H,19,21). The van der Waals surface area contributed by atoms with Gasteiger partial charge in [-0.15, -0.1) is 0 Å². The molecule has 2 aromatic rings. The zero-order valence-corrected chi connectivity index (χ0v) is 14.6. The number of rotatable bonds is 6. The quantitative estimate of drug-likeness (QED) is 0.800. The van der Waals surface area contributed by atoms with Gasteiger partial charge in [0.15, 0.2) is 0 Å². The number of hydrogen-bond donors (Lipinski definition) is 1. The molecule has 22 heavy (non-hydrogen) atoms. The monoisotopic (exact) mass is 359 g/mol. The van der Waals surface area contributed by atoms with Crippen molar-refractivity contribution in [3.05, 3.63) is 63.9 Å². The Morgan fingerprint density at radius 3 is 2.91 bits per heavy atom. The van der Waals surface area contributed by atoms with Crippen LogP contribution in [0.3, 0.4) is 0 Å². The van der Waals surface area contributed by atoms with Gasteiger partial charge in [0, 0.05) is 0 Å². The number of aromatic nitrogens is 2. The summed E-state index contributed by atoms with van der Waals surface area (Å²) < 4.78 is 2.22. The summed E-state index contributed by atoms with van der Waals surface area (Å²) in [5.74, 6) is 0. The molecule has 114 valence electrons. The minimum atomic E-state index is 0.215. The van der Waals surface area contributed by atoms with Gasteiger partial charge in [0.2, 0.25) is 0 Å². The third-order valence-corrected chi connectivity index (χ3v) is 5.36. The first-order chi connectivity index (χ1) is 10.8. The Kier molecular flexibility index (Phi) is 5.25. The van der Waals surface area contributed by atoms with E-state index in [-0.39, 0.29) is 14.5 Å². The molecule has 0 aliphatic heterocycles. The van der Waals surface area contributed by atoms with Crippen LogP contribution in [0.1, 0.15) is 41.9 Å². The van der Waals surface area contributed by atoms with Crippen molar-refractivity contribution in [2.45, 2.75) is 39.0 Å². The fourth-order valence-electron chi connectivity index (χ4n) is 2.56. The second kappa shape index (κ2) is 7.57. The predicted molar refractivity (Wildman–Crippen MR) is 92.3 cm³/mol. The summed E-state index contributed by atoms with van der Waals surface area (Å²) >= 11 is 0.215. The van der Waals surface area contributed by atoms with Crippen molar-refractivity contribution in [2.24, 2.45) is 0 Å². The number of aryl methyl sites for hydroxylation is 1. The molecule has 3 nitrogen and oxygen atoms in total. The number of anilines is 1. The van der Waals surface area contributed by atoms with Gasteiger partial charge in [-0.3, -0.25) is 0 Å². The zero-order chi connectivity index (χ0) is 15.2. The Morgan fingerprint density at radius 1 is 1.18 bits per heavy atom. The maximum atomic E-state index is 4.37. The molecule has 1 aliphatic carbocycles. The molecule has 1 heterocycles. The molecular formula is C18H21N3Se. The van der Waals surface area contributed by atoms with Crippen LogP contribution in [0.4, 0.5) is 4.69 Å². The number of allylic oxidation sites excluding steroid dienone is 3. The average molecular weight is 358 g/mol. The van der Waals surface area contributed by atoms with Crippen LogP contribution in [0.25, 0.3) is 0 Å². The van der Waals surface area contributed by atoms with Gasteiger partial charge in [-0.05, 0) is 0 Å². The molecule has 0 spiro atoms. The van der Waals surface area contributed by atoms with Crippen LogP contribution in [0.5, 0.6) is 0 Å². The van der Waals surface area contributed by atoms with E-state index in [4.69, 9.17) is 0 Å². The van der Waals surface area contributed by atoms with Crippen molar-refractivity contribution < 1.29 is 0 Å². The molecule has 1 aromatic heterocycles. The van der Waals surface area contributed by atoms with Crippen molar-refractivity contribution in [1.29, 1.82) is 0 Å². The first-order valence-corrected chi connectivity index (χ1v) is 9.58. The summed E-state index contributed by atoms with van der Waals surface area (Å²) in [4.78, 5) is 0. The molecule has 3 rings (SSSR count). The fraction of sp³-hybridized carbons (Fsp3) is 0.333. The van der Waals surface area contributed by atoms with Gasteiger partial charge in [0.25, 0.3) is 0 Å². The number of nitrogens with zero attached hydrogens (tertiary/aromatic N) is 2. The van der Waals surface area contributed by atoms with Gasteiger partial charge in [0.05, 0.1) is 0 Å². The second-order valence-electron chi connectivity index (χ2n) is 5.51. The summed E-state index contributed by atoms with van der Waals surface area (Å²) in [6.07, 6.45) is 12.1. The van der Waals surface area contributed by atoms with Crippen LogP contribution < -0.4 is 5.32 Å². The van der Waals surface area contributed by atoms with Gasteiger partial charge in [-0.2, -0.15) is 0 Å². The Balaban J connectivity index is 1.65. The third-order valence-electron chi connectivity index (χ3n) is 3.60. The molecule has 0 unspecified atom stereocenters. The van der Waals surface area contributed by atoms with Gasteiger partial charge in [0.1, 0.15) is 0 Å². The third kappa shape index (κ3) is 4.19. The SMILES string of the molecule is CCCc1cccc(Cc2nnc(NC3=CCCC=C3)[se]2)c1. The van der Waals surface area contributed by atoms with Crippen molar-refractivity contribution >= 4 is 19.2 Å². The van der Waals surface area contributed by atoms with Crippen molar-refractivity contribution in [3.63, 3.8) is 0 Å². The van der Waals surface area contributed by atoms with Crippen LogP contribution in [-0.2, 0) is 12.8 Å². The number of hydrogen-bond acceptors (Lipinski definition) is 3. The average Bonchev–Trinajstić information content (AvgIpc) is 2.96. The molecule has 0 radical (unpaired) electrons. The summed E-state index contributed by atoms with van der Waals surface area (Å²) in [6, 6.07) is 8.86. The van der Waals surface area contributed by atoms with Crippen molar-refractivity contribution in [1.82, 2.24) is 10.2 Å². The van der Waals surface area contributed by atoms with E-state index in [1.165, 1.54) is 22.1 Å². The van der Waals surface area contributed by atoms with E-state index in [1.807, 2.05) is 0 Å². The van der Waals surface area contributed by atoms with Crippen molar-refractivity contribution in [2.75, 3.05) is 5.32 Å². The second-order valence-corrected chi connectivity index (χ2v) is 7.74. The van der Waals surface area contributed by atoms with E-state index in [2.05, 4.69) is 64.9 Å². The molecule has 4 heteroatoms. The number of benzene rings is 1. The Hall–Kier alpha value is -1.64. The van der Waals surface area contributed by atoms with E-state index in [9.17, 15) is 0 Å². The summed E-state index contributed by atoms with van der Waals surface area (Å²) in [6.45, 7) is 2.22. The van der Waals surface area contributed by atoms with Crippen LogP contribution >= 0.6 is 0 Å². The van der Waals surface area contributed by atoms with Gasteiger partial charge < -0.3 is 0 Å². The minimum absolute atomic E-state index is 0.215. The van der Waals surface area contributed by atoms with Gasteiger partial charge in [-0.25, -0.2) is 0 Å². The molecule has 0 saturated carbocycles. The molecule has 1 aliphatic rings. The van der Waals surface area contributed by atoms with E-state index >= 15 is 0 Å². The molecular weight excluding hydrogens is 337 g/mol. The predicted octanol–water partition coefficient (Wildman–Crippen LogP) is 3.72. The molecule has 0 bridgehead atoms. The first kappa shape index (κ1) is 15.3. The van der Waals surface area contributed by atoms with Crippen LogP contribution in [0.15, 0.2) is 48.2 Å². The van der Waals surface area contributed by atoms with E-state index in [0.717, 1.165) is 36.1 Å². The number of nitrogens with one attached hydrogen (secondary N) is 1. The first-order valence-electron chi connectivity index (χ1n) is 7.87. The molecule has 0 atom stereocenters. The molecule has 0 amide bonds. The molecule has 0 fully saturated rings. The van der Waals surface area contributed by atoms with Crippen LogP contribution in [0, 0.1) is 0 Å². The summed E-state index contributed by atoms with van der Waals surface area (Å²) in [5, 5.41) is 12.1. The molecule has 1 N–H and O–H groups in total. The fourth-order valence-corrected chi connectivity index (χ4v) is 4.23. The van der Waals surface area contributed by atoms with E-state index in [1.54, 1.807) is 0 Å². The summed E-state index contributed by atoms with van der Waals surface area (Å²) in [5.41, 5.74) is 3.93. The van der Waals surface area contributed by atoms with Crippen molar-refractivity contribution in [3.8, 4) is 0 Å². The van der Waals surface area contributed by atoms with Gasteiger partial charge >= 0.3 is 138 Å². The maximum absolute atomic E-state index is 4.37. The van der Waals surface area contributed by atoms with Crippen LogP contribution in [0.2, 0.25) is 0 Å². The Morgan fingerprint density at radius 2 is 2.09 bits per heavy atom. The zero-order valence-electron chi connectivity index (χ0n) is 12.9. The molecule has 1 aromatic carbocycles. The topological polar surface area (TPSA) is 37.8 Å². The van der Waals surface area contributed by atoms with E-state index in [0.29, 0.717) is 0 Å². The molecule has 0 saturated heterocycles. The normalized spacial score (nSPS) is 14.0. The van der Waals surface area contributed by atoms with Crippen LogP contribution in [-0.4, -0.2) is 24.7 Å².